The number of H-pyrrole nitrogens is 1. The molecule has 2 amide bonds. The van der Waals surface area contributed by atoms with Gasteiger partial charge in [0.25, 0.3) is 5.91 Å². The number of rotatable bonds is 5. The molecule has 2 N–H and O–H groups in total. The van der Waals surface area contributed by atoms with Gasteiger partial charge in [0.2, 0.25) is 5.91 Å². The molecule has 4 rings (SSSR count). The SMILES string of the molecule is O=C(Cc1c[nH]c2ccccc12)NCCN1Cc2cc(Cl)ccc2OCC1=O. The first kappa shape index (κ1) is 18.4. The molecular formula is C21H20ClN3O3. The van der Waals surface area contributed by atoms with Crippen LogP contribution in [0.15, 0.2) is 48.7 Å². The number of benzene rings is 2. The maximum Gasteiger partial charge on any atom is 0.260 e. The fourth-order valence-corrected chi connectivity index (χ4v) is 3.58. The summed E-state index contributed by atoms with van der Waals surface area (Å²) in [5.74, 6) is 0.480. The van der Waals surface area contributed by atoms with Crippen LogP contribution in [0.1, 0.15) is 11.1 Å². The third-order valence-electron chi connectivity index (χ3n) is 4.82. The van der Waals surface area contributed by atoms with Crippen molar-refractivity contribution in [3.8, 4) is 5.75 Å². The van der Waals surface area contributed by atoms with Crippen molar-refractivity contribution in [3.05, 3.63) is 64.8 Å². The van der Waals surface area contributed by atoms with E-state index in [1.54, 1.807) is 23.1 Å². The number of nitrogens with one attached hydrogen (secondary N) is 2. The van der Waals surface area contributed by atoms with Crippen LogP contribution in [0.4, 0.5) is 0 Å². The third-order valence-corrected chi connectivity index (χ3v) is 5.05. The van der Waals surface area contributed by atoms with Crippen LogP contribution in [0.5, 0.6) is 5.75 Å². The monoisotopic (exact) mass is 397 g/mol. The highest BCUT2D eigenvalue weighted by Crippen LogP contribution is 2.26. The lowest BCUT2D eigenvalue weighted by atomic mass is 10.1. The van der Waals surface area contributed by atoms with Crippen LogP contribution in [0.25, 0.3) is 10.9 Å². The molecular weight excluding hydrogens is 378 g/mol. The van der Waals surface area contributed by atoms with Gasteiger partial charge in [-0.25, -0.2) is 0 Å². The maximum atomic E-state index is 12.3. The Hall–Kier alpha value is -2.99. The first-order chi connectivity index (χ1) is 13.6. The minimum absolute atomic E-state index is 0.0160. The first-order valence-electron chi connectivity index (χ1n) is 9.11. The van der Waals surface area contributed by atoms with Gasteiger partial charge in [0.15, 0.2) is 6.61 Å². The van der Waals surface area contributed by atoms with Gasteiger partial charge in [-0.05, 0) is 29.8 Å². The Morgan fingerprint density at radius 2 is 2.11 bits per heavy atom. The maximum absolute atomic E-state index is 12.3. The van der Waals surface area contributed by atoms with Crippen LogP contribution in [0.3, 0.4) is 0 Å². The standard InChI is InChI=1S/C21H20ClN3O3/c22-16-5-6-19-15(9-16)12-25(21(27)13-28-19)8-7-23-20(26)10-14-11-24-18-4-2-1-3-17(14)18/h1-6,9,11,24H,7-8,10,12-13H2,(H,23,26). The van der Waals surface area contributed by atoms with Gasteiger partial charge in [-0.15, -0.1) is 0 Å². The second-order valence-corrected chi connectivity index (χ2v) is 7.18. The van der Waals surface area contributed by atoms with Crippen molar-refractivity contribution in [3.63, 3.8) is 0 Å². The molecule has 144 valence electrons. The summed E-state index contributed by atoms with van der Waals surface area (Å²) in [5, 5.41) is 4.54. The number of halogens is 1. The molecule has 2 heterocycles. The number of carbonyl (C=O) groups is 2. The zero-order valence-electron chi connectivity index (χ0n) is 15.2. The van der Waals surface area contributed by atoms with Crippen LogP contribution < -0.4 is 10.1 Å². The average molecular weight is 398 g/mol. The number of amides is 2. The lowest BCUT2D eigenvalue weighted by molar-refractivity contribution is -0.133. The molecule has 1 aromatic heterocycles. The van der Waals surface area contributed by atoms with Gasteiger partial charge in [-0.1, -0.05) is 29.8 Å². The summed E-state index contributed by atoms with van der Waals surface area (Å²) in [5.41, 5.74) is 2.83. The summed E-state index contributed by atoms with van der Waals surface area (Å²) in [6.45, 7) is 1.18. The molecule has 2 aromatic carbocycles. The van der Waals surface area contributed by atoms with Gasteiger partial charge >= 0.3 is 0 Å². The fourth-order valence-electron chi connectivity index (χ4n) is 3.38. The third kappa shape index (κ3) is 3.97. The lowest BCUT2D eigenvalue weighted by Gasteiger charge is -2.20. The Labute approximate surface area is 167 Å². The second-order valence-electron chi connectivity index (χ2n) is 6.74. The lowest BCUT2D eigenvalue weighted by Crippen LogP contribution is -2.39. The van der Waals surface area contributed by atoms with Gasteiger partial charge in [-0.2, -0.15) is 0 Å². The van der Waals surface area contributed by atoms with Gasteiger partial charge in [-0.3, -0.25) is 9.59 Å². The van der Waals surface area contributed by atoms with E-state index in [1.807, 2.05) is 30.5 Å². The van der Waals surface area contributed by atoms with E-state index >= 15 is 0 Å². The zero-order valence-corrected chi connectivity index (χ0v) is 16.0. The minimum atomic E-state index is -0.113. The van der Waals surface area contributed by atoms with Crippen LogP contribution >= 0.6 is 11.6 Å². The molecule has 6 nitrogen and oxygen atoms in total. The molecule has 0 spiro atoms. The topological polar surface area (TPSA) is 74.4 Å². The van der Waals surface area contributed by atoms with Gasteiger partial charge < -0.3 is 19.9 Å². The molecule has 0 radical (unpaired) electrons. The molecule has 1 aliphatic rings. The molecule has 0 aliphatic carbocycles. The first-order valence-corrected chi connectivity index (χ1v) is 9.48. The summed E-state index contributed by atoms with van der Waals surface area (Å²) in [7, 11) is 0. The Morgan fingerprint density at radius 1 is 1.25 bits per heavy atom. The number of hydrogen-bond acceptors (Lipinski definition) is 3. The van der Waals surface area contributed by atoms with Crippen molar-refractivity contribution in [1.82, 2.24) is 15.2 Å². The number of carbonyl (C=O) groups excluding carboxylic acids is 2. The quantitative estimate of drug-likeness (QED) is 0.695. The highest BCUT2D eigenvalue weighted by molar-refractivity contribution is 6.30. The van der Waals surface area contributed by atoms with Gasteiger partial charge in [0.1, 0.15) is 5.75 Å². The van der Waals surface area contributed by atoms with Crippen molar-refractivity contribution in [2.45, 2.75) is 13.0 Å². The largest absolute Gasteiger partial charge is 0.483 e. The Balaban J connectivity index is 1.34. The Bertz CT molecular complexity index is 1030. The molecule has 1 aliphatic heterocycles. The van der Waals surface area contributed by atoms with Gasteiger partial charge in [0.05, 0.1) is 6.42 Å². The normalized spacial score (nSPS) is 13.8. The molecule has 28 heavy (non-hydrogen) atoms. The fraction of sp³-hybridized carbons (Fsp3) is 0.238. The number of para-hydroxylation sites is 1. The smallest absolute Gasteiger partial charge is 0.260 e. The predicted octanol–water partition coefficient (Wildman–Crippen LogP) is 2.90. The molecule has 3 aromatic rings. The van der Waals surface area contributed by atoms with E-state index in [1.165, 1.54) is 0 Å². The van der Waals surface area contributed by atoms with E-state index in [9.17, 15) is 9.59 Å². The minimum Gasteiger partial charge on any atom is -0.483 e. The van der Waals surface area contributed by atoms with E-state index in [2.05, 4.69) is 10.3 Å². The van der Waals surface area contributed by atoms with Crippen molar-refractivity contribution < 1.29 is 14.3 Å². The molecule has 0 unspecified atom stereocenters. The second kappa shape index (κ2) is 7.94. The average Bonchev–Trinajstić information content (AvgIpc) is 3.02. The van der Waals surface area contributed by atoms with Crippen LogP contribution in [0.2, 0.25) is 5.02 Å². The summed E-state index contributed by atoms with van der Waals surface area (Å²) in [6.07, 6.45) is 2.15. The summed E-state index contributed by atoms with van der Waals surface area (Å²) < 4.78 is 5.54. The van der Waals surface area contributed by atoms with Gasteiger partial charge in [0, 0.05) is 47.3 Å². The number of aromatic amines is 1. The predicted molar refractivity (Wildman–Crippen MR) is 107 cm³/mol. The van der Waals surface area contributed by atoms with E-state index in [-0.39, 0.29) is 18.4 Å². The van der Waals surface area contributed by atoms with E-state index in [0.29, 0.717) is 36.8 Å². The zero-order chi connectivity index (χ0) is 19.5. The van der Waals surface area contributed by atoms with E-state index < -0.39 is 0 Å². The van der Waals surface area contributed by atoms with Crippen molar-refractivity contribution >= 4 is 34.3 Å². The Kier molecular flexibility index (Phi) is 5.21. The van der Waals surface area contributed by atoms with E-state index in [4.69, 9.17) is 16.3 Å². The van der Waals surface area contributed by atoms with Crippen LogP contribution in [-0.4, -0.2) is 41.4 Å². The molecule has 0 atom stereocenters. The molecule has 0 fully saturated rings. The van der Waals surface area contributed by atoms with Crippen molar-refractivity contribution in [2.75, 3.05) is 19.7 Å². The molecule has 0 saturated carbocycles. The van der Waals surface area contributed by atoms with Crippen molar-refractivity contribution in [1.29, 1.82) is 0 Å². The molecule has 0 saturated heterocycles. The van der Waals surface area contributed by atoms with E-state index in [0.717, 1.165) is 22.0 Å². The highest BCUT2D eigenvalue weighted by Gasteiger charge is 2.21. The van der Waals surface area contributed by atoms with Crippen LogP contribution in [0, 0.1) is 0 Å². The number of fused-ring (bicyclic) bond motifs is 2. The summed E-state index contributed by atoms with van der Waals surface area (Å²) in [6, 6.07) is 13.2. The number of hydrogen-bond donors (Lipinski definition) is 2. The van der Waals surface area contributed by atoms with Crippen molar-refractivity contribution in [2.24, 2.45) is 0 Å². The molecule has 0 bridgehead atoms. The summed E-state index contributed by atoms with van der Waals surface area (Å²) >= 11 is 6.05. The number of nitrogens with zero attached hydrogens (tertiary/aromatic N) is 1. The highest BCUT2D eigenvalue weighted by atomic mass is 35.5. The number of ether oxygens (including phenoxy) is 1. The number of aromatic nitrogens is 1. The molecule has 7 heteroatoms. The summed E-state index contributed by atoms with van der Waals surface area (Å²) in [4.78, 5) is 29.5. The van der Waals surface area contributed by atoms with Crippen LogP contribution in [-0.2, 0) is 22.6 Å². The Morgan fingerprint density at radius 3 is 3.00 bits per heavy atom.